The Morgan fingerprint density at radius 1 is 1.07 bits per heavy atom. The molecule has 1 amide bonds. The molecule has 2 fully saturated rings. The molecule has 2 aromatic carbocycles. The van der Waals surface area contributed by atoms with Crippen molar-refractivity contribution in [2.45, 2.75) is 96.6 Å². The molecule has 0 N–H and O–H groups in total. The summed E-state index contributed by atoms with van der Waals surface area (Å²) in [5.41, 5.74) is 3.08. The lowest BCUT2D eigenvalue weighted by atomic mass is 9.95. The van der Waals surface area contributed by atoms with E-state index in [1.807, 2.05) is 30.0 Å². The topological polar surface area (TPSA) is 62.3 Å². The molecule has 2 saturated heterocycles. The Kier molecular flexibility index (Phi) is 12.3. The predicted molar refractivity (Wildman–Crippen MR) is 170 cm³/mol. The van der Waals surface area contributed by atoms with E-state index in [-0.39, 0.29) is 18.5 Å². The van der Waals surface area contributed by atoms with Crippen molar-refractivity contribution in [2.24, 2.45) is 0 Å². The van der Waals surface area contributed by atoms with Gasteiger partial charge in [0.15, 0.2) is 11.5 Å². The number of aldehydes is 1. The fourth-order valence-corrected chi connectivity index (χ4v) is 6.67. The van der Waals surface area contributed by atoms with Crippen LogP contribution in [0.3, 0.4) is 0 Å². The molecule has 2 aromatic rings. The monoisotopic (exact) mass is 595 g/mol. The highest BCUT2D eigenvalue weighted by Gasteiger charge is 2.34. The SMILES string of the molecule is CCCC(CCC)N(C)c1ccc(F)c(C)c1.O=CCN1CC(c2ccc3c(c2)OCO3)CC1CCN1CCCCC1=O. The fraction of sp³-hybridized carbons (Fsp3) is 0.600. The van der Waals surface area contributed by atoms with E-state index in [2.05, 4.69) is 42.8 Å². The van der Waals surface area contributed by atoms with Crippen LogP contribution in [0.25, 0.3) is 0 Å². The number of ether oxygens (including phenoxy) is 2. The first-order valence-electron chi connectivity index (χ1n) is 16.2. The fourth-order valence-electron chi connectivity index (χ4n) is 6.67. The van der Waals surface area contributed by atoms with Gasteiger partial charge < -0.3 is 24.1 Å². The molecule has 2 atom stereocenters. The third-order valence-corrected chi connectivity index (χ3v) is 9.20. The van der Waals surface area contributed by atoms with E-state index < -0.39 is 0 Å². The first kappa shape index (κ1) is 32.8. The van der Waals surface area contributed by atoms with Gasteiger partial charge in [0.05, 0.1) is 6.54 Å². The zero-order valence-electron chi connectivity index (χ0n) is 26.5. The first-order valence-corrected chi connectivity index (χ1v) is 16.2. The Bertz CT molecular complexity index is 1200. The van der Waals surface area contributed by atoms with Crippen molar-refractivity contribution in [2.75, 3.05) is 44.9 Å². The number of carbonyl (C=O) groups is 2. The maximum atomic E-state index is 13.2. The van der Waals surface area contributed by atoms with Gasteiger partial charge in [0.1, 0.15) is 12.1 Å². The lowest BCUT2D eigenvalue weighted by molar-refractivity contribution is -0.133. The van der Waals surface area contributed by atoms with Gasteiger partial charge in [-0.2, -0.15) is 0 Å². The molecule has 2 unspecified atom stereocenters. The molecule has 0 saturated carbocycles. The lowest BCUT2D eigenvalue weighted by Gasteiger charge is -2.30. The molecule has 0 spiro atoms. The van der Waals surface area contributed by atoms with Gasteiger partial charge in [0, 0.05) is 50.9 Å². The van der Waals surface area contributed by atoms with E-state index >= 15 is 0 Å². The summed E-state index contributed by atoms with van der Waals surface area (Å²) in [5.74, 6) is 2.16. The highest BCUT2D eigenvalue weighted by Crippen LogP contribution is 2.39. The molecular weight excluding hydrogens is 545 g/mol. The molecule has 3 aliphatic heterocycles. The molecular formula is C35H50FN3O4. The Hall–Kier alpha value is -3.13. The summed E-state index contributed by atoms with van der Waals surface area (Å²) in [6.45, 7) is 9.54. The number of amides is 1. The minimum Gasteiger partial charge on any atom is -0.454 e. The van der Waals surface area contributed by atoms with Gasteiger partial charge >= 0.3 is 0 Å². The number of benzene rings is 2. The second-order valence-electron chi connectivity index (χ2n) is 12.2. The summed E-state index contributed by atoms with van der Waals surface area (Å²) in [4.78, 5) is 29.7. The molecule has 43 heavy (non-hydrogen) atoms. The van der Waals surface area contributed by atoms with Crippen LogP contribution in [0.4, 0.5) is 10.1 Å². The number of piperidine rings is 1. The van der Waals surface area contributed by atoms with E-state index in [9.17, 15) is 14.0 Å². The van der Waals surface area contributed by atoms with Gasteiger partial charge in [0.25, 0.3) is 0 Å². The van der Waals surface area contributed by atoms with Crippen molar-refractivity contribution in [3.05, 3.63) is 53.3 Å². The maximum Gasteiger partial charge on any atom is 0.231 e. The van der Waals surface area contributed by atoms with Crippen LogP contribution in [0.5, 0.6) is 11.5 Å². The van der Waals surface area contributed by atoms with Crippen LogP contribution in [0.1, 0.15) is 88.7 Å². The highest BCUT2D eigenvalue weighted by atomic mass is 19.1. The summed E-state index contributed by atoms with van der Waals surface area (Å²) >= 11 is 0. The average Bonchev–Trinajstić information content (AvgIpc) is 3.65. The van der Waals surface area contributed by atoms with Crippen LogP contribution in [0.2, 0.25) is 0 Å². The quantitative estimate of drug-likeness (QED) is 0.254. The van der Waals surface area contributed by atoms with Gasteiger partial charge in [-0.3, -0.25) is 9.69 Å². The minimum atomic E-state index is -0.121. The van der Waals surface area contributed by atoms with Gasteiger partial charge in [-0.1, -0.05) is 32.8 Å². The Balaban J connectivity index is 0.000000217. The summed E-state index contributed by atoms with van der Waals surface area (Å²) in [6, 6.07) is 12.4. The van der Waals surface area contributed by atoms with Crippen LogP contribution in [-0.2, 0) is 9.59 Å². The lowest BCUT2D eigenvalue weighted by Crippen LogP contribution is -2.39. The first-order chi connectivity index (χ1) is 20.8. The Morgan fingerprint density at radius 3 is 2.53 bits per heavy atom. The molecule has 0 bridgehead atoms. The van der Waals surface area contributed by atoms with Crippen molar-refractivity contribution >= 4 is 17.9 Å². The predicted octanol–water partition coefficient (Wildman–Crippen LogP) is 6.71. The van der Waals surface area contributed by atoms with Crippen molar-refractivity contribution in [1.29, 1.82) is 0 Å². The van der Waals surface area contributed by atoms with Gasteiger partial charge in [0.2, 0.25) is 12.7 Å². The van der Waals surface area contributed by atoms with Crippen LogP contribution in [-0.4, -0.2) is 74.1 Å². The maximum absolute atomic E-state index is 13.2. The zero-order chi connectivity index (χ0) is 30.8. The number of anilines is 1. The van der Waals surface area contributed by atoms with E-state index in [0.29, 0.717) is 31.0 Å². The van der Waals surface area contributed by atoms with E-state index in [0.717, 1.165) is 74.4 Å². The average molecular weight is 596 g/mol. The highest BCUT2D eigenvalue weighted by molar-refractivity contribution is 5.76. The minimum absolute atomic E-state index is 0.121. The summed E-state index contributed by atoms with van der Waals surface area (Å²) < 4.78 is 24.1. The molecule has 0 radical (unpaired) electrons. The Labute approximate surface area is 257 Å². The molecule has 5 rings (SSSR count). The van der Waals surface area contributed by atoms with E-state index in [1.165, 1.54) is 31.2 Å². The standard InChI is InChI=1S/C20H26N2O4.C15H24FN/c23-10-9-22-13-16(15-4-5-18-19(12-15)26-14-25-18)11-17(22)6-8-21-7-2-1-3-20(21)24;1-5-7-13(8-6-2)17(4)14-9-10-15(16)12(3)11-14/h4-5,10,12,16-17H,1-3,6-9,11,13-14H2;9-11,13H,5-8H2,1-4H3. The molecule has 3 heterocycles. The van der Waals surface area contributed by atoms with Crippen molar-refractivity contribution in [1.82, 2.24) is 9.80 Å². The number of rotatable bonds is 12. The summed E-state index contributed by atoms with van der Waals surface area (Å²) in [7, 11) is 2.11. The Morgan fingerprint density at radius 2 is 1.84 bits per heavy atom. The molecule has 0 aromatic heterocycles. The van der Waals surface area contributed by atoms with Crippen molar-refractivity contribution in [3.8, 4) is 11.5 Å². The molecule has 7 nitrogen and oxygen atoms in total. The number of nitrogens with zero attached hydrogens (tertiary/aromatic N) is 3. The van der Waals surface area contributed by atoms with E-state index in [4.69, 9.17) is 9.47 Å². The third-order valence-electron chi connectivity index (χ3n) is 9.20. The van der Waals surface area contributed by atoms with Crippen molar-refractivity contribution in [3.63, 3.8) is 0 Å². The van der Waals surface area contributed by atoms with Crippen LogP contribution >= 0.6 is 0 Å². The second-order valence-corrected chi connectivity index (χ2v) is 12.2. The van der Waals surface area contributed by atoms with Crippen LogP contribution in [0, 0.1) is 12.7 Å². The van der Waals surface area contributed by atoms with Crippen molar-refractivity contribution < 1.29 is 23.5 Å². The number of aryl methyl sites for hydroxylation is 1. The molecule has 8 heteroatoms. The zero-order valence-corrected chi connectivity index (χ0v) is 26.5. The van der Waals surface area contributed by atoms with Gasteiger partial charge in [-0.25, -0.2) is 4.39 Å². The summed E-state index contributed by atoms with van der Waals surface area (Å²) in [6.07, 6.45) is 10.5. The number of hydrogen-bond donors (Lipinski definition) is 0. The number of halogens is 1. The van der Waals surface area contributed by atoms with Gasteiger partial charge in [-0.15, -0.1) is 0 Å². The molecule has 3 aliphatic rings. The van der Waals surface area contributed by atoms with Gasteiger partial charge in [-0.05, 0) is 92.8 Å². The molecule has 0 aliphatic carbocycles. The van der Waals surface area contributed by atoms with Crippen LogP contribution in [0.15, 0.2) is 36.4 Å². The van der Waals surface area contributed by atoms with E-state index in [1.54, 1.807) is 6.07 Å². The second kappa shape index (κ2) is 16.1. The molecule has 236 valence electrons. The third kappa shape index (κ3) is 8.71. The summed E-state index contributed by atoms with van der Waals surface area (Å²) in [5, 5.41) is 0. The van der Waals surface area contributed by atoms with Crippen LogP contribution < -0.4 is 14.4 Å². The number of likely N-dealkylation sites (tertiary alicyclic amines) is 2. The number of carbonyl (C=O) groups excluding carboxylic acids is 2. The normalized spacial score (nSPS) is 19.9. The largest absolute Gasteiger partial charge is 0.454 e. The smallest absolute Gasteiger partial charge is 0.231 e. The number of hydrogen-bond acceptors (Lipinski definition) is 6. The number of fused-ring (bicyclic) bond motifs is 1.